The second-order valence-corrected chi connectivity index (χ2v) is 1.97. The zero-order valence-corrected chi connectivity index (χ0v) is 5.44. The van der Waals surface area contributed by atoms with E-state index >= 15 is 0 Å². The normalized spacial score (nSPS) is 12.0. The molecule has 0 spiro atoms. The van der Waals surface area contributed by atoms with Crippen molar-refractivity contribution in [2.75, 3.05) is 0 Å². The van der Waals surface area contributed by atoms with Crippen LogP contribution in [0.4, 0.5) is 13.2 Å². The van der Waals surface area contributed by atoms with Crippen LogP contribution in [0.3, 0.4) is 0 Å². The molecule has 0 saturated carbocycles. The maximum absolute atomic E-state index is 11.9. The number of nitrogens with zero attached hydrogens (tertiary/aromatic N) is 1. The van der Waals surface area contributed by atoms with E-state index in [1.165, 1.54) is 0 Å². The molecule has 0 aromatic carbocycles. The Morgan fingerprint density at radius 2 is 2.18 bits per heavy atom. The van der Waals surface area contributed by atoms with Gasteiger partial charge in [0.1, 0.15) is 5.69 Å². The van der Waals surface area contributed by atoms with Gasteiger partial charge in [0.15, 0.2) is 0 Å². The van der Waals surface area contributed by atoms with E-state index in [-0.39, 0.29) is 12.1 Å². The fraction of sp³-hybridized carbons (Fsp3) is 0.400. The quantitative estimate of drug-likeness (QED) is 0.649. The van der Waals surface area contributed by atoms with Crippen molar-refractivity contribution in [2.24, 2.45) is 5.73 Å². The Morgan fingerprint density at radius 3 is 2.55 bits per heavy atom. The summed E-state index contributed by atoms with van der Waals surface area (Å²) in [6.45, 7) is -0.161. The lowest BCUT2D eigenvalue weighted by Crippen LogP contribution is -2.10. The molecule has 11 heavy (non-hydrogen) atoms. The summed E-state index contributed by atoms with van der Waals surface area (Å²) in [5.74, 6) is 0. The van der Waals surface area contributed by atoms with Crippen LogP contribution < -0.4 is 5.73 Å². The monoisotopic (exact) mass is 165 g/mol. The van der Waals surface area contributed by atoms with Crippen molar-refractivity contribution in [3.05, 3.63) is 17.5 Å². The molecule has 0 bridgehead atoms. The molecule has 1 rings (SSSR count). The van der Waals surface area contributed by atoms with Crippen molar-refractivity contribution in [3.63, 3.8) is 0 Å². The molecule has 1 heterocycles. The number of halogens is 3. The molecule has 0 aliphatic rings. The van der Waals surface area contributed by atoms with E-state index in [9.17, 15) is 13.2 Å². The molecular formula is C5H6F3N3. The smallest absolute Gasteiger partial charge is 0.326 e. The van der Waals surface area contributed by atoms with Gasteiger partial charge >= 0.3 is 6.18 Å². The van der Waals surface area contributed by atoms with Crippen LogP contribution >= 0.6 is 0 Å². The summed E-state index contributed by atoms with van der Waals surface area (Å²) in [5.41, 5.74) is 4.15. The fourth-order valence-corrected chi connectivity index (χ4v) is 0.711. The maximum atomic E-state index is 11.9. The maximum Gasteiger partial charge on any atom is 0.433 e. The number of aromatic amines is 1. The molecule has 0 radical (unpaired) electrons. The Labute approximate surface area is 60.4 Å². The molecule has 62 valence electrons. The highest BCUT2D eigenvalue weighted by atomic mass is 19.4. The number of H-pyrrole nitrogens is 1. The van der Waals surface area contributed by atoms with Gasteiger partial charge in [-0.2, -0.15) is 18.3 Å². The first-order valence-corrected chi connectivity index (χ1v) is 2.85. The zero-order valence-electron chi connectivity index (χ0n) is 5.44. The van der Waals surface area contributed by atoms with Crippen molar-refractivity contribution in [1.82, 2.24) is 10.2 Å². The van der Waals surface area contributed by atoms with E-state index in [0.717, 1.165) is 6.20 Å². The number of hydrogen-bond donors (Lipinski definition) is 2. The second-order valence-electron chi connectivity index (χ2n) is 1.97. The first-order valence-electron chi connectivity index (χ1n) is 2.85. The van der Waals surface area contributed by atoms with Gasteiger partial charge in [0.2, 0.25) is 0 Å². The van der Waals surface area contributed by atoms with E-state index in [1.807, 2.05) is 5.10 Å². The first kappa shape index (κ1) is 8.06. The molecule has 3 N–H and O–H groups in total. The van der Waals surface area contributed by atoms with Gasteiger partial charge in [-0.05, 0) is 0 Å². The standard InChI is InChI=1S/C5H6F3N3/c6-5(7,8)4-3(1-9)2-10-11-4/h2H,1,9H2,(H,10,11). The average Bonchev–Trinajstić information content (AvgIpc) is 2.31. The van der Waals surface area contributed by atoms with E-state index in [1.54, 1.807) is 0 Å². The van der Waals surface area contributed by atoms with Crippen LogP contribution in [0.25, 0.3) is 0 Å². The number of hydrogen-bond acceptors (Lipinski definition) is 2. The molecule has 1 aromatic rings. The Hall–Kier alpha value is -1.04. The summed E-state index contributed by atoms with van der Waals surface area (Å²) in [6, 6.07) is 0. The van der Waals surface area contributed by atoms with Gasteiger partial charge in [-0.25, -0.2) is 0 Å². The Bertz CT molecular complexity index is 239. The van der Waals surface area contributed by atoms with Gasteiger partial charge in [-0.3, -0.25) is 5.10 Å². The predicted octanol–water partition coefficient (Wildman–Crippen LogP) is 0.887. The number of nitrogens with two attached hydrogens (primary N) is 1. The minimum absolute atomic E-state index is 0.0162. The Morgan fingerprint density at radius 1 is 1.55 bits per heavy atom. The molecule has 0 atom stereocenters. The lowest BCUT2D eigenvalue weighted by Gasteiger charge is -2.04. The van der Waals surface area contributed by atoms with Gasteiger partial charge < -0.3 is 5.73 Å². The highest BCUT2D eigenvalue weighted by molar-refractivity contribution is 5.18. The van der Waals surface area contributed by atoms with Crippen LogP contribution in [0.5, 0.6) is 0 Å². The molecule has 6 heteroatoms. The minimum Gasteiger partial charge on any atom is -0.326 e. The lowest BCUT2D eigenvalue weighted by atomic mass is 10.2. The minimum atomic E-state index is -4.38. The third-order valence-corrected chi connectivity index (χ3v) is 1.22. The molecule has 1 aromatic heterocycles. The molecule has 0 aliphatic carbocycles. The van der Waals surface area contributed by atoms with Crippen molar-refractivity contribution in [3.8, 4) is 0 Å². The zero-order chi connectivity index (χ0) is 8.48. The van der Waals surface area contributed by atoms with Crippen LogP contribution in [0.2, 0.25) is 0 Å². The molecular weight excluding hydrogens is 159 g/mol. The van der Waals surface area contributed by atoms with E-state index in [2.05, 4.69) is 5.10 Å². The fourth-order valence-electron chi connectivity index (χ4n) is 0.711. The molecule has 0 amide bonds. The number of aromatic nitrogens is 2. The number of rotatable bonds is 1. The van der Waals surface area contributed by atoms with Gasteiger partial charge in [0.25, 0.3) is 0 Å². The van der Waals surface area contributed by atoms with Crippen LogP contribution in [0, 0.1) is 0 Å². The van der Waals surface area contributed by atoms with E-state index in [0.29, 0.717) is 0 Å². The first-order chi connectivity index (χ1) is 5.05. The highest BCUT2D eigenvalue weighted by Gasteiger charge is 2.34. The van der Waals surface area contributed by atoms with Gasteiger partial charge in [0, 0.05) is 12.1 Å². The van der Waals surface area contributed by atoms with Crippen molar-refractivity contribution in [2.45, 2.75) is 12.7 Å². The average molecular weight is 165 g/mol. The number of alkyl halides is 3. The second kappa shape index (κ2) is 2.54. The van der Waals surface area contributed by atoms with Gasteiger partial charge in [-0.15, -0.1) is 0 Å². The van der Waals surface area contributed by atoms with Crippen LogP contribution in [0.1, 0.15) is 11.3 Å². The van der Waals surface area contributed by atoms with Crippen molar-refractivity contribution >= 4 is 0 Å². The topological polar surface area (TPSA) is 54.7 Å². The van der Waals surface area contributed by atoms with Gasteiger partial charge in [-0.1, -0.05) is 0 Å². The molecule has 3 nitrogen and oxygen atoms in total. The largest absolute Gasteiger partial charge is 0.433 e. The molecule has 0 saturated heterocycles. The summed E-state index contributed by atoms with van der Waals surface area (Å²) in [5, 5.41) is 5.08. The predicted molar refractivity (Wildman–Crippen MR) is 31.5 cm³/mol. The lowest BCUT2D eigenvalue weighted by molar-refractivity contribution is -0.141. The summed E-state index contributed by atoms with van der Waals surface area (Å²) >= 11 is 0. The highest BCUT2D eigenvalue weighted by Crippen LogP contribution is 2.29. The van der Waals surface area contributed by atoms with Crippen LogP contribution in [-0.4, -0.2) is 10.2 Å². The Kier molecular flexibility index (Phi) is 1.86. The molecule has 0 aliphatic heterocycles. The Balaban J connectivity index is 3.02. The summed E-state index contributed by atoms with van der Waals surface area (Å²) < 4.78 is 35.8. The van der Waals surface area contributed by atoms with Crippen LogP contribution in [0.15, 0.2) is 6.20 Å². The van der Waals surface area contributed by atoms with Crippen molar-refractivity contribution < 1.29 is 13.2 Å². The molecule has 0 unspecified atom stereocenters. The third-order valence-electron chi connectivity index (χ3n) is 1.22. The summed E-state index contributed by atoms with van der Waals surface area (Å²) in [6.07, 6.45) is -3.31. The van der Waals surface area contributed by atoms with Crippen LogP contribution in [-0.2, 0) is 12.7 Å². The summed E-state index contributed by atoms with van der Waals surface area (Å²) in [7, 11) is 0. The van der Waals surface area contributed by atoms with Crippen molar-refractivity contribution in [1.29, 1.82) is 0 Å². The summed E-state index contributed by atoms with van der Waals surface area (Å²) in [4.78, 5) is 0. The molecule has 0 fully saturated rings. The van der Waals surface area contributed by atoms with E-state index < -0.39 is 11.9 Å². The SMILES string of the molecule is NCc1cn[nH]c1C(F)(F)F. The number of nitrogens with one attached hydrogen (secondary N) is 1. The van der Waals surface area contributed by atoms with Gasteiger partial charge in [0.05, 0.1) is 6.20 Å². The third kappa shape index (κ3) is 1.51. The van der Waals surface area contributed by atoms with E-state index in [4.69, 9.17) is 5.73 Å².